The van der Waals surface area contributed by atoms with Crippen LogP contribution in [-0.2, 0) is 6.54 Å². The first-order chi connectivity index (χ1) is 8.58. The number of hydrogen-bond acceptors (Lipinski definition) is 5. The fraction of sp³-hybridized carbons (Fsp3) is 0.500. The van der Waals surface area contributed by atoms with Crippen LogP contribution < -0.4 is 5.32 Å². The Bertz CT molecular complexity index is 410. The molecule has 100 valence electrons. The van der Waals surface area contributed by atoms with Gasteiger partial charge in [0, 0.05) is 25.7 Å². The van der Waals surface area contributed by atoms with E-state index in [1.54, 1.807) is 12.1 Å². The zero-order valence-corrected chi connectivity index (χ0v) is 10.7. The summed E-state index contributed by atoms with van der Waals surface area (Å²) in [6.07, 6.45) is 0. The van der Waals surface area contributed by atoms with Gasteiger partial charge in [-0.05, 0) is 25.6 Å². The van der Waals surface area contributed by atoms with Crippen molar-refractivity contribution < 1.29 is 10.0 Å². The molecule has 0 radical (unpaired) electrons. The molecule has 1 aromatic carbocycles. The standard InChI is InChI=1S/C12H19N3O3/c1-3-13-11-8-10(9-14(2)6-7-16)4-5-12(11)15(17)18/h4-5,8,13,16H,3,6-7,9H2,1-2H3. The predicted molar refractivity (Wildman–Crippen MR) is 70.7 cm³/mol. The second-order valence-corrected chi connectivity index (χ2v) is 4.10. The number of benzene rings is 1. The van der Waals surface area contributed by atoms with Crippen LogP contribution in [0.5, 0.6) is 0 Å². The van der Waals surface area contributed by atoms with E-state index in [1.807, 2.05) is 18.9 Å². The molecule has 1 rings (SSSR count). The minimum Gasteiger partial charge on any atom is -0.395 e. The zero-order chi connectivity index (χ0) is 13.5. The van der Waals surface area contributed by atoms with Crippen LogP contribution in [0.25, 0.3) is 0 Å². The quantitative estimate of drug-likeness (QED) is 0.568. The van der Waals surface area contributed by atoms with Crippen molar-refractivity contribution in [3.05, 3.63) is 33.9 Å². The molecule has 0 aliphatic rings. The molecule has 18 heavy (non-hydrogen) atoms. The lowest BCUT2D eigenvalue weighted by Crippen LogP contribution is -2.21. The molecule has 0 bridgehead atoms. The number of anilines is 1. The number of nitrogens with zero attached hydrogens (tertiary/aromatic N) is 2. The molecule has 0 atom stereocenters. The molecule has 6 heteroatoms. The van der Waals surface area contributed by atoms with Crippen molar-refractivity contribution in [3.63, 3.8) is 0 Å². The summed E-state index contributed by atoms with van der Waals surface area (Å²) in [5.41, 5.74) is 1.61. The van der Waals surface area contributed by atoms with Gasteiger partial charge in [0.05, 0.1) is 11.5 Å². The van der Waals surface area contributed by atoms with Crippen molar-refractivity contribution >= 4 is 11.4 Å². The van der Waals surface area contributed by atoms with Gasteiger partial charge in [-0.25, -0.2) is 0 Å². The Kier molecular flexibility index (Phi) is 5.54. The molecule has 0 spiro atoms. The lowest BCUT2D eigenvalue weighted by Gasteiger charge is -2.15. The van der Waals surface area contributed by atoms with E-state index in [2.05, 4.69) is 5.32 Å². The molecule has 0 fully saturated rings. The number of nitro groups is 1. The summed E-state index contributed by atoms with van der Waals surface area (Å²) in [7, 11) is 1.89. The Morgan fingerprint density at radius 2 is 2.22 bits per heavy atom. The van der Waals surface area contributed by atoms with Crippen LogP contribution in [0.4, 0.5) is 11.4 Å². The highest BCUT2D eigenvalue weighted by Crippen LogP contribution is 2.25. The predicted octanol–water partition coefficient (Wildman–Crippen LogP) is 1.45. The van der Waals surface area contributed by atoms with Gasteiger partial charge in [0.2, 0.25) is 0 Å². The van der Waals surface area contributed by atoms with E-state index in [0.717, 1.165) is 5.56 Å². The zero-order valence-electron chi connectivity index (χ0n) is 10.7. The van der Waals surface area contributed by atoms with E-state index in [1.165, 1.54) is 6.07 Å². The lowest BCUT2D eigenvalue weighted by molar-refractivity contribution is -0.384. The second kappa shape index (κ2) is 6.93. The average molecular weight is 253 g/mol. The molecule has 0 aliphatic heterocycles. The molecule has 6 nitrogen and oxygen atoms in total. The summed E-state index contributed by atoms with van der Waals surface area (Å²) in [4.78, 5) is 12.4. The maximum Gasteiger partial charge on any atom is 0.292 e. The third kappa shape index (κ3) is 3.97. The Hall–Kier alpha value is -1.66. The molecule has 0 amide bonds. The van der Waals surface area contributed by atoms with Crippen molar-refractivity contribution in [1.82, 2.24) is 4.90 Å². The van der Waals surface area contributed by atoms with Gasteiger partial charge in [-0.15, -0.1) is 0 Å². The monoisotopic (exact) mass is 253 g/mol. The molecule has 2 N–H and O–H groups in total. The lowest BCUT2D eigenvalue weighted by atomic mass is 10.1. The van der Waals surface area contributed by atoms with Crippen LogP contribution in [0.15, 0.2) is 18.2 Å². The van der Waals surface area contributed by atoms with Crippen LogP contribution in [0.2, 0.25) is 0 Å². The Balaban J connectivity index is 2.88. The summed E-state index contributed by atoms with van der Waals surface area (Å²) < 4.78 is 0. The van der Waals surface area contributed by atoms with Gasteiger partial charge in [-0.1, -0.05) is 6.07 Å². The van der Waals surface area contributed by atoms with Crippen molar-refractivity contribution in [2.24, 2.45) is 0 Å². The number of aliphatic hydroxyl groups is 1. The first kappa shape index (κ1) is 14.4. The molecule has 0 saturated carbocycles. The third-order valence-corrected chi connectivity index (χ3v) is 2.56. The summed E-state index contributed by atoms with van der Waals surface area (Å²) in [5, 5.41) is 22.7. The molecular formula is C12H19N3O3. The number of hydrogen-bond donors (Lipinski definition) is 2. The average Bonchev–Trinajstić information content (AvgIpc) is 2.29. The molecule has 0 saturated heterocycles. The van der Waals surface area contributed by atoms with Crippen molar-refractivity contribution in [3.8, 4) is 0 Å². The van der Waals surface area contributed by atoms with E-state index in [4.69, 9.17) is 5.11 Å². The molecular weight excluding hydrogens is 234 g/mol. The van der Waals surface area contributed by atoms with Crippen LogP contribution in [0, 0.1) is 10.1 Å². The fourth-order valence-electron chi connectivity index (χ4n) is 1.73. The smallest absolute Gasteiger partial charge is 0.292 e. The Labute approximate surface area is 106 Å². The minimum atomic E-state index is -0.390. The Morgan fingerprint density at radius 1 is 1.50 bits per heavy atom. The van der Waals surface area contributed by atoms with Gasteiger partial charge in [0.1, 0.15) is 5.69 Å². The van der Waals surface area contributed by atoms with Gasteiger partial charge >= 0.3 is 0 Å². The summed E-state index contributed by atoms with van der Waals surface area (Å²) in [6, 6.07) is 5.04. The SMILES string of the molecule is CCNc1cc(CN(C)CCO)ccc1[N+](=O)[O-]. The normalized spacial score (nSPS) is 10.7. The van der Waals surface area contributed by atoms with Crippen molar-refractivity contribution in [2.45, 2.75) is 13.5 Å². The van der Waals surface area contributed by atoms with Crippen LogP contribution in [0.1, 0.15) is 12.5 Å². The summed E-state index contributed by atoms with van der Waals surface area (Å²) in [5.74, 6) is 0. The third-order valence-electron chi connectivity index (χ3n) is 2.56. The van der Waals surface area contributed by atoms with E-state index < -0.39 is 0 Å². The van der Waals surface area contributed by atoms with E-state index in [-0.39, 0.29) is 17.2 Å². The molecule has 0 heterocycles. The van der Waals surface area contributed by atoms with Gasteiger partial charge in [0.15, 0.2) is 0 Å². The summed E-state index contributed by atoms with van der Waals surface area (Å²) >= 11 is 0. The number of rotatable bonds is 7. The van der Waals surface area contributed by atoms with Crippen molar-refractivity contribution in [2.75, 3.05) is 32.1 Å². The number of aliphatic hydroxyl groups excluding tert-OH is 1. The largest absolute Gasteiger partial charge is 0.395 e. The first-order valence-corrected chi connectivity index (χ1v) is 5.89. The Morgan fingerprint density at radius 3 is 2.78 bits per heavy atom. The van der Waals surface area contributed by atoms with E-state index in [0.29, 0.717) is 25.3 Å². The number of likely N-dealkylation sites (N-methyl/N-ethyl adjacent to an activating group) is 1. The van der Waals surface area contributed by atoms with Gasteiger partial charge < -0.3 is 10.4 Å². The van der Waals surface area contributed by atoms with Gasteiger partial charge in [-0.2, -0.15) is 0 Å². The van der Waals surface area contributed by atoms with Crippen molar-refractivity contribution in [1.29, 1.82) is 0 Å². The molecule has 0 aliphatic carbocycles. The fourth-order valence-corrected chi connectivity index (χ4v) is 1.73. The number of nitro benzene ring substituents is 1. The number of nitrogens with one attached hydrogen (secondary N) is 1. The van der Waals surface area contributed by atoms with Gasteiger partial charge in [-0.3, -0.25) is 15.0 Å². The molecule has 1 aromatic rings. The highest BCUT2D eigenvalue weighted by atomic mass is 16.6. The highest BCUT2D eigenvalue weighted by molar-refractivity contribution is 5.62. The maximum absolute atomic E-state index is 10.9. The molecule has 0 unspecified atom stereocenters. The van der Waals surface area contributed by atoms with E-state index >= 15 is 0 Å². The molecule has 0 aromatic heterocycles. The topological polar surface area (TPSA) is 78.6 Å². The van der Waals surface area contributed by atoms with Gasteiger partial charge in [0.25, 0.3) is 5.69 Å². The maximum atomic E-state index is 10.9. The van der Waals surface area contributed by atoms with Crippen LogP contribution in [-0.4, -0.2) is 41.7 Å². The minimum absolute atomic E-state index is 0.0883. The first-order valence-electron chi connectivity index (χ1n) is 5.89. The van der Waals surface area contributed by atoms with Crippen LogP contribution in [0.3, 0.4) is 0 Å². The highest BCUT2D eigenvalue weighted by Gasteiger charge is 2.13. The summed E-state index contributed by atoms with van der Waals surface area (Å²) in [6.45, 7) is 3.86. The van der Waals surface area contributed by atoms with E-state index in [9.17, 15) is 10.1 Å². The van der Waals surface area contributed by atoms with Crippen LogP contribution >= 0.6 is 0 Å². The second-order valence-electron chi connectivity index (χ2n) is 4.10.